The largest absolute Gasteiger partial charge is 0.457 e. The molecular formula is C12H17NO3. The molecule has 0 amide bonds. The van der Waals surface area contributed by atoms with E-state index in [2.05, 4.69) is 0 Å². The van der Waals surface area contributed by atoms with E-state index in [0.29, 0.717) is 30.4 Å². The van der Waals surface area contributed by atoms with Crippen molar-refractivity contribution in [1.29, 1.82) is 0 Å². The zero-order valence-electron chi connectivity index (χ0n) is 9.28. The average molecular weight is 223 g/mol. The predicted octanol–water partition coefficient (Wildman–Crippen LogP) is 1.74. The Morgan fingerprint density at radius 3 is 2.75 bits per heavy atom. The maximum Gasteiger partial charge on any atom is 0.198 e. The van der Waals surface area contributed by atoms with E-state index in [-0.39, 0.29) is 5.78 Å². The second-order valence-corrected chi connectivity index (χ2v) is 4.15. The Kier molecular flexibility index (Phi) is 3.74. The maximum absolute atomic E-state index is 11.9. The summed E-state index contributed by atoms with van der Waals surface area (Å²) in [7, 11) is 0. The van der Waals surface area contributed by atoms with Gasteiger partial charge in [-0.05, 0) is 30.9 Å². The summed E-state index contributed by atoms with van der Waals surface area (Å²) in [5.41, 5.74) is 5.43. The highest BCUT2D eigenvalue weighted by Crippen LogP contribution is 2.21. The second kappa shape index (κ2) is 5.27. The van der Waals surface area contributed by atoms with Gasteiger partial charge in [-0.15, -0.1) is 0 Å². The van der Waals surface area contributed by atoms with Gasteiger partial charge in [0.15, 0.2) is 11.5 Å². The number of hydrogen-bond donors (Lipinski definition) is 1. The molecule has 0 radical (unpaired) electrons. The molecule has 4 nitrogen and oxygen atoms in total. The van der Waals surface area contributed by atoms with Crippen molar-refractivity contribution >= 4 is 5.78 Å². The first-order chi connectivity index (χ1) is 7.79. The first-order valence-corrected chi connectivity index (χ1v) is 5.69. The number of furan rings is 1. The summed E-state index contributed by atoms with van der Waals surface area (Å²) in [5.74, 6) is 1.61. The van der Waals surface area contributed by atoms with Gasteiger partial charge in [-0.3, -0.25) is 4.79 Å². The zero-order chi connectivity index (χ0) is 11.4. The first kappa shape index (κ1) is 11.4. The monoisotopic (exact) mass is 223 g/mol. The highest BCUT2D eigenvalue weighted by Gasteiger charge is 2.20. The van der Waals surface area contributed by atoms with Crippen molar-refractivity contribution in [3.05, 3.63) is 23.7 Å². The summed E-state index contributed by atoms with van der Waals surface area (Å²) >= 11 is 0. The topological polar surface area (TPSA) is 65.5 Å². The predicted molar refractivity (Wildman–Crippen MR) is 59.1 cm³/mol. The Morgan fingerprint density at radius 2 is 2.12 bits per heavy atom. The molecular weight excluding hydrogens is 206 g/mol. The van der Waals surface area contributed by atoms with Crippen molar-refractivity contribution in [2.45, 2.75) is 25.8 Å². The number of carbonyl (C=O) groups is 1. The molecule has 0 bridgehead atoms. The molecule has 0 atom stereocenters. The third-order valence-electron chi connectivity index (χ3n) is 2.95. The number of rotatable bonds is 4. The molecule has 16 heavy (non-hydrogen) atoms. The molecule has 1 aliphatic heterocycles. The second-order valence-electron chi connectivity index (χ2n) is 4.15. The van der Waals surface area contributed by atoms with E-state index in [0.717, 1.165) is 26.1 Å². The first-order valence-electron chi connectivity index (χ1n) is 5.69. The summed E-state index contributed by atoms with van der Waals surface area (Å²) in [6.45, 7) is 1.87. The highest BCUT2D eigenvalue weighted by atomic mass is 16.5. The van der Waals surface area contributed by atoms with Crippen LogP contribution in [0, 0.1) is 5.92 Å². The molecule has 0 spiro atoms. The van der Waals surface area contributed by atoms with Crippen LogP contribution in [-0.4, -0.2) is 19.0 Å². The van der Waals surface area contributed by atoms with E-state index in [1.54, 1.807) is 12.1 Å². The molecule has 0 aromatic carbocycles. The minimum atomic E-state index is 0.0756. The van der Waals surface area contributed by atoms with Crippen LogP contribution in [-0.2, 0) is 11.3 Å². The number of nitrogens with two attached hydrogens (primary N) is 1. The fourth-order valence-corrected chi connectivity index (χ4v) is 1.95. The fourth-order valence-electron chi connectivity index (χ4n) is 1.95. The SMILES string of the molecule is NCc1ccc(C(=O)CC2CCOCC2)o1. The normalized spacial score (nSPS) is 17.6. The van der Waals surface area contributed by atoms with Crippen molar-refractivity contribution in [2.75, 3.05) is 13.2 Å². The van der Waals surface area contributed by atoms with Crippen molar-refractivity contribution in [2.24, 2.45) is 11.7 Å². The van der Waals surface area contributed by atoms with Gasteiger partial charge < -0.3 is 14.9 Å². The van der Waals surface area contributed by atoms with Gasteiger partial charge in [0.1, 0.15) is 5.76 Å². The Bertz CT molecular complexity index is 353. The van der Waals surface area contributed by atoms with Gasteiger partial charge in [0.05, 0.1) is 6.54 Å². The molecule has 0 aliphatic carbocycles. The molecule has 1 aliphatic rings. The third-order valence-corrected chi connectivity index (χ3v) is 2.95. The summed E-state index contributed by atoms with van der Waals surface area (Å²) in [6, 6.07) is 3.47. The van der Waals surface area contributed by atoms with Crippen molar-refractivity contribution in [3.63, 3.8) is 0 Å². The number of carbonyl (C=O) groups excluding carboxylic acids is 1. The van der Waals surface area contributed by atoms with Crippen LogP contribution < -0.4 is 5.73 Å². The average Bonchev–Trinajstić information content (AvgIpc) is 2.79. The Balaban J connectivity index is 1.91. The zero-order valence-corrected chi connectivity index (χ0v) is 9.28. The van der Waals surface area contributed by atoms with Crippen LogP contribution in [0.5, 0.6) is 0 Å². The molecule has 1 aromatic heterocycles. The summed E-state index contributed by atoms with van der Waals surface area (Å²) < 4.78 is 10.6. The molecule has 88 valence electrons. The molecule has 0 unspecified atom stereocenters. The lowest BCUT2D eigenvalue weighted by atomic mass is 9.94. The van der Waals surface area contributed by atoms with Crippen LogP contribution in [0.4, 0.5) is 0 Å². The van der Waals surface area contributed by atoms with Gasteiger partial charge in [-0.25, -0.2) is 0 Å². The molecule has 1 fully saturated rings. The Labute approximate surface area is 94.8 Å². The van der Waals surface area contributed by atoms with Crippen LogP contribution in [0.3, 0.4) is 0 Å². The molecule has 1 aromatic rings. The van der Waals surface area contributed by atoms with Crippen molar-refractivity contribution in [1.82, 2.24) is 0 Å². The van der Waals surface area contributed by atoms with Crippen LogP contribution >= 0.6 is 0 Å². The molecule has 1 saturated heterocycles. The number of ketones is 1. The van der Waals surface area contributed by atoms with Crippen molar-refractivity contribution in [3.8, 4) is 0 Å². The van der Waals surface area contributed by atoms with Crippen LogP contribution in [0.15, 0.2) is 16.5 Å². The van der Waals surface area contributed by atoms with E-state index in [4.69, 9.17) is 14.9 Å². The lowest BCUT2D eigenvalue weighted by Gasteiger charge is -2.20. The molecule has 4 heteroatoms. The molecule has 0 saturated carbocycles. The van der Waals surface area contributed by atoms with E-state index < -0.39 is 0 Å². The van der Waals surface area contributed by atoms with Gasteiger partial charge in [-0.1, -0.05) is 0 Å². The van der Waals surface area contributed by atoms with E-state index in [1.165, 1.54) is 0 Å². The van der Waals surface area contributed by atoms with Crippen LogP contribution in [0.2, 0.25) is 0 Å². The minimum absolute atomic E-state index is 0.0756. The Hall–Kier alpha value is -1.13. The van der Waals surface area contributed by atoms with Gasteiger partial charge in [0.25, 0.3) is 0 Å². The molecule has 2 N–H and O–H groups in total. The summed E-state index contributed by atoms with van der Waals surface area (Å²) in [4.78, 5) is 11.9. The number of ether oxygens (including phenoxy) is 1. The minimum Gasteiger partial charge on any atom is -0.457 e. The molecule has 2 rings (SSSR count). The van der Waals surface area contributed by atoms with Gasteiger partial charge in [-0.2, -0.15) is 0 Å². The lowest BCUT2D eigenvalue weighted by Crippen LogP contribution is -2.18. The van der Waals surface area contributed by atoms with Gasteiger partial charge in [0, 0.05) is 19.6 Å². The van der Waals surface area contributed by atoms with Crippen LogP contribution in [0.25, 0.3) is 0 Å². The van der Waals surface area contributed by atoms with E-state index >= 15 is 0 Å². The van der Waals surface area contributed by atoms with E-state index in [1.807, 2.05) is 0 Å². The summed E-state index contributed by atoms with van der Waals surface area (Å²) in [5, 5.41) is 0. The van der Waals surface area contributed by atoms with Crippen LogP contribution in [0.1, 0.15) is 35.6 Å². The quantitative estimate of drug-likeness (QED) is 0.789. The standard InChI is InChI=1S/C12H17NO3/c13-8-10-1-2-12(16-10)11(14)7-9-3-5-15-6-4-9/h1-2,9H,3-8,13H2. The maximum atomic E-state index is 11.9. The third kappa shape index (κ3) is 2.71. The van der Waals surface area contributed by atoms with E-state index in [9.17, 15) is 4.79 Å². The van der Waals surface area contributed by atoms with Gasteiger partial charge in [0.2, 0.25) is 0 Å². The van der Waals surface area contributed by atoms with Gasteiger partial charge >= 0.3 is 0 Å². The Morgan fingerprint density at radius 1 is 1.38 bits per heavy atom. The lowest BCUT2D eigenvalue weighted by molar-refractivity contribution is 0.0592. The smallest absolute Gasteiger partial charge is 0.198 e. The summed E-state index contributed by atoms with van der Waals surface area (Å²) in [6.07, 6.45) is 2.49. The fraction of sp³-hybridized carbons (Fsp3) is 0.583. The molecule has 2 heterocycles. The number of Topliss-reactive ketones (excluding diaryl/α,β-unsaturated/α-hetero) is 1. The van der Waals surface area contributed by atoms with Crippen molar-refractivity contribution < 1.29 is 13.9 Å². The highest BCUT2D eigenvalue weighted by molar-refractivity contribution is 5.93. The number of hydrogen-bond acceptors (Lipinski definition) is 4.